The Labute approximate surface area is 133 Å². The maximum Gasteiger partial charge on any atom is 0.253 e. The maximum atomic E-state index is 12.5. The number of amides is 1. The summed E-state index contributed by atoms with van der Waals surface area (Å²) in [5.74, 6) is -0.146. The Bertz CT molecular complexity index is 785. The highest BCUT2D eigenvalue weighted by molar-refractivity contribution is 5.94. The number of carbonyl (C=O) groups excluding carboxylic acids is 1. The molecule has 1 amide bonds. The molecule has 0 fully saturated rings. The minimum Gasteiger partial charge on any atom is -0.345 e. The Morgan fingerprint density at radius 2 is 2.26 bits per heavy atom. The Morgan fingerprint density at radius 3 is 3.04 bits per heavy atom. The van der Waals surface area contributed by atoms with Crippen LogP contribution >= 0.6 is 0 Å². The van der Waals surface area contributed by atoms with Crippen molar-refractivity contribution < 1.29 is 4.79 Å². The van der Waals surface area contributed by atoms with E-state index < -0.39 is 0 Å². The largest absolute Gasteiger partial charge is 0.345 e. The van der Waals surface area contributed by atoms with Crippen molar-refractivity contribution in [1.82, 2.24) is 30.3 Å². The molecular formula is C16H18N6O. The number of rotatable bonds is 6. The van der Waals surface area contributed by atoms with Gasteiger partial charge in [0, 0.05) is 18.6 Å². The average Bonchev–Trinajstić information content (AvgIpc) is 3.06. The fourth-order valence-electron chi connectivity index (χ4n) is 2.43. The standard InChI is InChI=1S/C16H18N6O/c1-2-3-6-14(12-5-4-9-17-10-12)18-16(23)13-7-8-15-19-20-21-22(15)11-13/h4-5,7-11,14H,2-3,6H2,1H3,(H,18,23)/t14-/m0/s1. The van der Waals surface area contributed by atoms with Gasteiger partial charge in [0.15, 0.2) is 5.65 Å². The molecule has 0 radical (unpaired) electrons. The molecule has 0 aromatic carbocycles. The van der Waals surface area contributed by atoms with Gasteiger partial charge >= 0.3 is 0 Å². The summed E-state index contributed by atoms with van der Waals surface area (Å²) in [6, 6.07) is 7.26. The molecule has 3 aromatic heterocycles. The predicted molar refractivity (Wildman–Crippen MR) is 84.8 cm³/mol. The number of pyridine rings is 2. The smallest absolute Gasteiger partial charge is 0.253 e. The molecule has 1 atom stereocenters. The molecule has 0 saturated carbocycles. The normalized spacial score (nSPS) is 12.2. The molecule has 0 aliphatic rings. The van der Waals surface area contributed by atoms with E-state index in [4.69, 9.17) is 0 Å². The highest BCUT2D eigenvalue weighted by Gasteiger charge is 2.16. The Morgan fingerprint density at radius 1 is 1.35 bits per heavy atom. The quantitative estimate of drug-likeness (QED) is 0.754. The summed E-state index contributed by atoms with van der Waals surface area (Å²) in [6.07, 6.45) is 8.14. The summed E-state index contributed by atoms with van der Waals surface area (Å²) in [5.41, 5.74) is 2.14. The van der Waals surface area contributed by atoms with Gasteiger partial charge in [-0.1, -0.05) is 25.8 Å². The summed E-state index contributed by atoms with van der Waals surface area (Å²) in [5, 5.41) is 14.3. The topological polar surface area (TPSA) is 85.1 Å². The first kappa shape index (κ1) is 15.1. The number of hydrogen-bond acceptors (Lipinski definition) is 5. The van der Waals surface area contributed by atoms with Crippen LogP contribution in [0.4, 0.5) is 0 Å². The Hall–Kier alpha value is -2.83. The van der Waals surface area contributed by atoms with Gasteiger partial charge in [0.05, 0.1) is 11.6 Å². The minimum absolute atomic E-state index is 0.0549. The van der Waals surface area contributed by atoms with E-state index in [2.05, 4.69) is 32.7 Å². The molecule has 3 heterocycles. The second-order valence-electron chi connectivity index (χ2n) is 5.35. The van der Waals surface area contributed by atoms with E-state index in [9.17, 15) is 4.79 Å². The number of tetrazole rings is 1. The first-order chi connectivity index (χ1) is 11.3. The molecule has 1 N–H and O–H groups in total. The highest BCUT2D eigenvalue weighted by atomic mass is 16.1. The third kappa shape index (κ3) is 3.50. The van der Waals surface area contributed by atoms with Crippen LogP contribution in [-0.2, 0) is 0 Å². The first-order valence-electron chi connectivity index (χ1n) is 7.66. The van der Waals surface area contributed by atoms with Crippen molar-refractivity contribution in [3.63, 3.8) is 0 Å². The molecule has 0 aliphatic carbocycles. The van der Waals surface area contributed by atoms with Crippen LogP contribution in [0.1, 0.15) is 48.1 Å². The molecule has 0 unspecified atom stereocenters. The van der Waals surface area contributed by atoms with Gasteiger partial charge in [-0.15, -0.1) is 5.10 Å². The van der Waals surface area contributed by atoms with Crippen molar-refractivity contribution in [3.8, 4) is 0 Å². The lowest BCUT2D eigenvalue weighted by atomic mass is 10.0. The maximum absolute atomic E-state index is 12.5. The molecule has 23 heavy (non-hydrogen) atoms. The van der Waals surface area contributed by atoms with Crippen LogP contribution in [-0.4, -0.2) is 30.9 Å². The van der Waals surface area contributed by atoms with E-state index in [0.29, 0.717) is 11.2 Å². The molecule has 3 rings (SSSR count). The summed E-state index contributed by atoms with van der Waals surface area (Å²) in [6.45, 7) is 2.13. The van der Waals surface area contributed by atoms with E-state index in [1.54, 1.807) is 30.7 Å². The number of aromatic nitrogens is 5. The van der Waals surface area contributed by atoms with E-state index >= 15 is 0 Å². The summed E-state index contributed by atoms with van der Waals surface area (Å²) < 4.78 is 1.49. The summed E-state index contributed by atoms with van der Waals surface area (Å²) in [7, 11) is 0. The third-order valence-electron chi connectivity index (χ3n) is 3.69. The van der Waals surface area contributed by atoms with Crippen LogP contribution in [0, 0.1) is 0 Å². The van der Waals surface area contributed by atoms with E-state index in [1.165, 1.54) is 4.52 Å². The number of nitrogens with one attached hydrogen (secondary N) is 1. The van der Waals surface area contributed by atoms with Gasteiger partial charge in [-0.2, -0.15) is 4.52 Å². The van der Waals surface area contributed by atoms with Crippen molar-refractivity contribution in [2.75, 3.05) is 0 Å². The lowest BCUT2D eigenvalue weighted by molar-refractivity contribution is 0.0933. The minimum atomic E-state index is -0.146. The molecule has 0 spiro atoms. The van der Waals surface area contributed by atoms with Gasteiger partial charge in [0.1, 0.15) is 0 Å². The number of hydrogen-bond donors (Lipinski definition) is 1. The van der Waals surface area contributed by atoms with Crippen LogP contribution in [0.5, 0.6) is 0 Å². The number of carbonyl (C=O) groups is 1. The second-order valence-corrected chi connectivity index (χ2v) is 5.35. The second kappa shape index (κ2) is 6.95. The van der Waals surface area contributed by atoms with Crippen molar-refractivity contribution in [2.45, 2.75) is 32.2 Å². The monoisotopic (exact) mass is 310 g/mol. The summed E-state index contributed by atoms with van der Waals surface area (Å²) in [4.78, 5) is 16.7. The molecule has 3 aromatic rings. The van der Waals surface area contributed by atoms with Crippen LogP contribution in [0.15, 0.2) is 42.9 Å². The lowest BCUT2D eigenvalue weighted by Gasteiger charge is -2.18. The molecule has 0 aliphatic heterocycles. The fourth-order valence-corrected chi connectivity index (χ4v) is 2.43. The van der Waals surface area contributed by atoms with E-state index in [-0.39, 0.29) is 11.9 Å². The zero-order valence-corrected chi connectivity index (χ0v) is 12.9. The van der Waals surface area contributed by atoms with Gasteiger partial charge in [-0.3, -0.25) is 9.78 Å². The van der Waals surface area contributed by atoms with Crippen molar-refractivity contribution in [2.24, 2.45) is 0 Å². The fraction of sp³-hybridized carbons (Fsp3) is 0.312. The molecule has 7 heteroatoms. The van der Waals surface area contributed by atoms with Crippen LogP contribution in [0.2, 0.25) is 0 Å². The number of fused-ring (bicyclic) bond motifs is 1. The number of nitrogens with zero attached hydrogens (tertiary/aromatic N) is 5. The average molecular weight is 310 g/mol. The molecule has 0 saturated heterocycles. The van der Waals surface area contributed by atoms with Gasteiger partial charge in [0.25, 0.3) is 5.91 Å². The third-order valence-corrected chi connectivity index (χ3v) is 3.69. The molecule has 0 bridgehead atoms. The molecule has 118 valence electrons. The van der Waals surface area contributed by atoms with Crippen LogP contribution in [0.3, 0.4) is 0 Å². The Balaban J connectivity index is 1.79. The van der Waals surface area contributed by atoms with Crippen molar-refractivity contribution >= 4 is 11.6 Å². The van der Waals surface area contributed by atoms with Crippen LogP contribution in [0.25, 0.3) is 5.65 Å². The van der Waals surface area contributed by atoms with E-state index in [1.807, 2.05) is 12.1 Å². The SMILES string of the molecule is CCCC[C@H](NC(=O)c1ccc2nnnn2c1)c1cccnc1. The van der Waals surface area contributed by atoms with Gasteiger partial charge < -0.3 is 5.32 Å². The van der Waals surface area contributed by atoms with Gasteiger partial charge in [-0.25, -0.2) is 0 Å². The highest BCUT2D eigenvalue weighted by Crippen LogP contribution is 2.19. The lowest BCUT2D eigenvalue weighted by Crippen LogP contribution is -2.29. The van der Waals surface area contributed by atoms with Crippen molar-refractivity contribution in [3.05, 3.63) is 54.0 Å². The zero-order chi connectivity index (χ0) is 16.1. The van der Waals surface area contributed by atoms with Crippen molar-refractivity contribution in [1.29, 1.82) is 0 Å². The first-order valence-corrected chi connectivity index (χ1v) is 7.66. The molecule has 7 nitrogen and oxygen atoms in total. The Kier molecular flexibility index (Phi) is 4.56. The van der Waals surface area contributed by atoms with E-state index in [0.717, 1.165) is 24.8 Å². The number of unbranched alkanes of at least 4 members (excludes halogenated alkanes) is 1. The predicted octanol–water partition coefficient (Wildman–Crippen LogP) is 2.18. The van der Waals surface area contributed by atoms with Gasteiger partial charge in [-0.05, 0) is 40.6 Å². The molecular weight excluding hydrogens is 292 g/mol. The van der Waals surface area contributed by atoms with Crippen LogP contribution < -0.4 is 5.32 Å². The summed E-state index contributed by atoms with van der Waals surface area (Å²) >= 11 is 0. The van der Waals surface area contributed by atoms with Gasteiger partial charge in [0.2, 0.25) is 0 Å². The zero-order valence-electron chi connectivity index (χ0n) is 12.9.